The van der Waals surface area contributed by atoms with Crippen molar-refractivity contribution in [1.82, 2.24) is 9.78 Å². The van der Waals surface area contributed by atoms with Crippen molar-refractivity contribution in [1.29, 1.82) is 0 Å². The van der Waals surface area contributed by atoms with Gasteiger partial charge in [-0.15, -0.1) is 0 Å². The van der Waals surface area contributed by atoms with E-state index < -0.39 is 0 Å². The van der Waals surface area contributed by atoms with Crippen molar-refractivity contribution in [2.24, 2.45) is 12.0 Å². The Morgan fingerprint density at radius 1 is 1.29 bits per heavy atom. The molecule has 4 rings (SSSR count). The summed E-state index contributed by atoms with van der Waals surface area (Å²) in [6, 6.07) is 13.3. The molecule has 1 aromatic heterocycles. The first kappa shape index (κ1) is 18.0. The molecule has 3 N–H and O–H groups in total. The maximum atomic E-state index is 12.6. The number of nitrogens with zero attached hydrogens (tertiary/aromatic N) is 3. The van der Waals surface area contributed by atoms with E-state index in [0.29, 0.717) is 16.9 Å². The fourth-order valence-electron chi connectivity index (χ4n) is 3.45. The van der Waals surface area contributed by atoms with Gasteiger partial charge in [0.05, 0.1) is 23.6 Å². The number of aliphatic imine (C=N–C) groups is 1. The van der Waals surface area contributed by atoms with Gasteiger partial charge in [-0.25, -0.2) is 0 Å². The Balaban J connectivity index is 1.42. The quantitative estimate of drug-likeness (QED) is 0.673. The molecule has 0 saturated carbocycles. The standard InChI is InChI=1S/C22H23N5O/c1-27-14-15(12-25-27)6-9-19-11-16-7-8-17(10-18(16)13-24-19)22(28)26-21-5-3-2-4-20(21)23/h2-5,7-8,10,12-14,19H,6,9,11,23H2,1H3,(H,26,28). The molecule has 1 aliphatic rings. The van der Waals surface area contributed by atoms with Gasteiger partial charge in [-0.1, -0.05) is 18.2 Å². The number of fused-ring (bicyclic) bond motifs is 1. The Kier molecular flexibility index (Phi) is 4.93. The lowest BCUT2D eigenvalue weighted by Crippen LogP contribution is -2.18. The van der Waals surface area contributed by atoms with Crippen LogP contribution in [0.2, 0.25) is 0 Å². The van der Waals surface area contributed by atoms with Crippen LogP contribution in [-0.4, -0.2) is 27.9 Å². The van der Waals surface area contributed by atoms with Crippen LogP contribution < -0.4 is 11.1 Å². The van der Waals surface area contributed by atoms with Crippen molar-refractivity contribution in [2.75, 3.05) is 11.1 Å². The number of nitrogen functional groups attached to an aromatic ring is 1. The summed E-state index contributed by atoms with van der Waals surface area (Å²) >= 11 is 0. The summed E-state index contributed by atoms with van der Waals surface area (Å²) in [5.41, 5.74) is 11.1. The Morgan fingerprint density at radius 3 is 2.93 bits per heavy atom. The zero-order valence-corrected chi connectivity index (χ0v) is 15.8. The van der Waals surface area contributed by atoms with Gasteiger partial charge < -0.3 is 11.1 Å². The molecule has 1 aliphatic heterocycles. The number of nitrogens with one attached hydrogen (secondary N) is 1. The molecule has 0 radical (unpaired) electrons. The lowest BCUT2D eigenvalue weighted by molar-refractivity contribution is 0.102. The largest absolute Gasteiger partial charge is 0.397 e. The number of benzene rings is 2. The van der Waals surface area contributed by atoms with Gasteiger partial charge in [-0.3, -0.25) is 14.5 Å². The number of hydrogen-bond donors (Lipinski definition) is 2. The van der Waals surface area contributed by atoms with Crippen molar-refractivity contribution >= 4 is 23.5 Å². The minimum Gasteiger partial charge on any atom is -0.397 e. The number of carbonyl (C=O) groups is 1. The third-order valence-electron chi connectivity index (χ3n) is 5.02. The highest BCUT2D eigenvalue weighted by atomic mass is 16.1. The second-order valence-electron chi connectivity index (χ2n) is 7.15. The molecule has 1 amide bonds. The summed E-state index contributed by atoms with van der Waals surface area (Å²) in [6.07, 6.45) is 8.68. The maximum absolute atomic E-state index is 12.6. The van der Waals surface area contributed by atoms with Crippen LogP contribution in [0.25, 0.3) is 0 Å². The monoisotopic (exact) mass is 373 g/mol. The molecule has 6 nitrogen and oxygen atoms in total. The van der Waals surface area contributed by atoms with Crippen LogP contribution in [0.1, 0.15) is 33.5 Å². The number of carbonyl (C=O) groups excluding carboxylic acids is 1. The highest BCUT2D eigenvalue weighted by molar-refractivity contribution is 6.06. The number of aryl methyl sites for hydroxylation is 2. The van der Waals surface area contributed by atoms with Crippen molar-refractivity contribution < 1.29 is 4.79 Å². The van der Waals surface area contributed by atoms with Gasteiger partial charge in [-0.05, 0) is 60.2 Å². The molecule has 0 fully saturated rings. The Morgan fingerprint density at radius 2 is 2.14 bits per heavy atom. The molecule has 3 aromatic rings. The predicted octanol–water partition coefficient (Wildman–Crippen LogP) is 3.23. The molecular weight excluding hydrogens is 350 g/mol. The molecule has 0 aliphatic carbocycles. The molecule has 0 spiro atoms. The molecule has 0 saturated heterocycles. The molecule has 2 heterocycles. The number of anilines is 2. The smallest absolute Gasteiger partial charge is 0.255 e. The summed E-state index contributed by atoms with van der Waals surface area (Å²) in [7, 11) is 1.93. The van der Waals surface area contributed by atoms with E-state index in [1.165, 1.54) is 11.1 Å². The molecule has 1 unspecified atom stereocenters. The molecule has 0 bridgehead atoms. The topological polar surface area (TPSA) is 85.3 Å². The van der Waals surface area contributed by atoms with E-state index in [1.54, 1.807) is 12.1 Å². The van der Waals surface area contributed by atoms with Crippen LogP contribution in [0.15, 0.2) is 59.9 Å². The van der Waals surface area contributed by atoms with E-state index in [0.717, 1.165) is 24.8 Å². The van der Waals surface area contributed by atoms with Gasteiger partial charge >= 0.3 is 0 Å². The summed E-state index contributed by atoms with van der Waals surface area (Å²) in [6.45, 7) is 0. The normalized spacial score (nSPS) is 15.2. The second kappa shape index (κ2) is 7.68. The van der Waals surface area contributed by atoms with Gasteiger partial charge in [-0.2, -0.15) is 5.10 Å². The van der Waals surface area contributed by atoms with Crippen molar-refractivity contribution in [3.8, 4) is 0 Å². The van der Waals surface area contributed by atoms with Crippen molar-refractivity contribution in [3.05, 3.63) is 77.1 Å². The molecule has 28 heavy (non-hydrogen) atoms. The first-order valence-corrected chi connectivity index (χ1v) is 9.38. The number of nitrogens with two attached hydrogens (primary N) is 1. The average molecular weight is 373 g/mol. The molecule has 142 valence electrons. The van der Waals surface area contributed by atoms with Gasteiger partial charge in [0.1, 0.15) is 0 Å². The first-order chi connectivity index (χ1) is 13.6. The van der Waals surface area contributed by atoms with Gasteiger partial charge in [0.25, 0.3) is 5.91 Å². The van der Waals surface area contributed by atoms with E-state index in [2.05, 4.69) is 15.4 Å². The van der Waals surface area contributed by atoms with E-state index >= 15 is 0 Å². The Bertz CT molecular complexity index is 1040. The third kappa shape index (κ3) is 3.96. The van der Waals surface area contributed by atoms with Crippen molar-refractivity contribution in [2.45, 2.75) is 25.3 Å². The Hall–Kier alpha value is -3.41. The zero-order chi connectivity index (χ0) is 19.5. The first-order valence-electron chi connectivity index (χ1n) is 9.38. The third-order valence-corrected chi connectivity index (χ3v) is 5.02. The van der Waals surface area contributed by atoms with Crippen LogP contribution >= 0.6 is 0 Å². The molecule has 1 atom stereocenters. The predicted molar refractivity (Wildman–Crippen MR) is 112 cm³/mol. The second-order valence-corrected chi connectivity index (χ2v) is 7.15. The van der Waals surface area contributed by atoms with Crippen LogP contribution in [0.5, 0.6) is 0 Å². The average Bonchev–Trinajstić information content (AvgIpc) is 3.13. The van der Waals surface area contributed by atoms with E-state index in [9.17, 15) is 4.79 Å². The van der Waals surface area contributed by atoms with Gasteiger partial charge in [0.2, 0.25) is 0 Å². The summed E-state index contributed by atoms with van der Waals surface area (Å²) in [5.74, 6) is -0.173. The number of amides is 1. The molecule has 2 aromatic carbocycles. The van der Waals surface area contributed by atoms with Crippen molar-refractivity contribution in [3.63, 3.8) is 0 Å². The number of para-hydroxylation sites is 2. The van der Waals surface area contributed by atoms with Gasteiger partial charge in [0, 0.05) is 25.0 Å². The summed E-state index contributed by atoms with van der Waals surface area (Å²) in [4.78, 5) is 17.2. The fourth-order valence-corrected chi connectivity index (χ4v) is 3.45. The lowest BCUT2D eigenvalue weighted by Gasteiger charge is -2.19. The number of rotatable bonds is 5. The zero-order valence-electron chi connectivity index (χ0n) is 15.8. The van der Waals surface area contributed by atoms with Crippen LogP contribution in [0.4, 0.5) is 11.4 Å². The van der Waals surface area contributed by atoms with E-state index in [1.807, 2.05) is 60.7 Å². The minimum absolute atomic E-state index is 0.173. The highest BCUT2D eigenvalue weighted by Crippen LogP contribution is 2.22. The minimum atomic E-state index is -0.173. The maximum Gasteiger partial charge on any atom is 0.255 e. The molecular formula is C22H23N5O. The van der Waals surface area contributed by atoms with E-state index in [-0.39, 0.29) is 11.9 Å². The van der Waals surface area contributed by atoms with Crippen LogP contribution in [-0.2, 0) is 19.9 Å². The van der Waals surface area contributed by atoms with Crippen LogP contribution in [0.3, 0.4) is 0 Å². The Labute approximate surface area is 164 Å². The SMILES string of the molecule is Cn1cc(CCC2Cc3ccc(C(=O)Nc4ccccc4N)cc3C=N2)cn1. The highest BCUT2D eigenvalue weighted by Gasteiger charge is 2.17. The summed E-state index contributed by atoms with van der Waals surface area (Å²) in [5, 5.41) is 7.08. The lowest BCUT2D eigenvalue weighted by atomic mass is 9.93. The van der Waals surface area contributed by atoms with E-state index in [4.69, 9.17) is 5.73 Å². The fraction of sp³-hybridized carbons (Fsp3) is 0.227. The summed E-state index contributed by atoms with van der Waals surface area (Å²) < 4.78 is 1.82. The van der Waals surface area contributed by atoms with Gasteiger partial charge in [0.15, 0.2) is 0 Å². The number of hydrogen-bond acceptors (Lipinski definition) is 4. The van der Waals surface area contributed by atoms with Crippen LogP contribution in [0, 0.1) is 0 Å². The number of aromatic nitrogens is 2. The molecule has 6 heteroatoms.